The van der Waals surface area contributed by atoms with E-state index in [0.29, 0.717) is 6.32 Å². The summed E-state index contributed by atoms with van der Waals surface area (Å²) in [7, 11) is 5.25. The predicted octanol–water partition coefficient (Wildman–Crippen LogP) is 0.336. The molecule has 1 heterocycles. The Balaban J connectivity index is 2.13. The summed E-state index contributed by atoms with van der Waals surface area (Å²) in [4.78, 5) is 0. The van der Waals surface area contributed by atoms with Crippen molar-refractivity contribution < 1.29 is 9.47 Å². The zero-order chi connectivity index (χ0) is 5.82. The minimum atomic E-state index is -0.135. The van der Waals surface area contributed by atoms with E-state index in [1.165, 1.54) is 0 Å². The first kappa shape index (κ1) is 6.11. The topological polar surface area (TPSA) is 18.5 Å². The maximum Gasteiger partial charge on any atom is 0.149 e. The highest BCUT2D eigenvalue weighted by atomic mass is 16.7. The molecule has 0 atom stereocenters. The fraction of sp³-hybridized carbons (Fsp3) is 1.00. The molecule has 44 valence electrons. The van der Waals surface area contributed by atoms with Crippen molar-refractivity contribution in [1.82, 2.24) is 0 Å². The van der Waals surface area contributed by atoms with Crippen molar-refractivity contribution in [2.45, 2.75) is 19.0 Å². The highest BCUT2D eigenvalue weighted by Crippen LogP contribution is 2.05. The average Bonchev–Trinajstić information content (AvgIpc) is 1.90. The minimum Gasteiger partial charge on any atom is -0.353 e. The molecule has 1 fully saturated rings. The Bertz CT molecular complexity index is 61.4. The van der Waals surface area contributed by atoms with Crippen LogP contribution < -0.4 is 0 Å². The number of rotatable bonds is 1. The van der Waals surface area contributed by atoms with Crippen LogP contribution in [0.1, 0.15) is 6.42 Å². The molecule has 1 aliphatic rings. The van der Waals surface area contributed by atoms with Crippen molar-refractivity contribution in [3.8, 4) is 0 Å². The van der Waals surface area contributed by atoms with Crippen LogP contribution in [0.3, 0.4) is 0 Å². The first-order chi connectivity index (χ1) is 3.93. The summed E-state index contributed by atoms with van der Waals surface area (Å²) in [5.41, 5.74) is 0. The van der Waals surface area contributed by atoms with Crippen LogP contribution in [0, 0.1) is 0 Å². The lowest BCUT2D eigenvalue weighted by atomic mass is 10.1. The Morgan fingerprint density at radius 3 is 2.38 bits per heavy atom. The molecule has 0 spiro atoms. The molecule has 8 heavy (non-hydrogen) atoms. The van der Waals surface area contributed by atoms with Gasteiger partial charge in [-0.05, 0) is 12.7 Å². The first-order valence-corrected chi connectivity index (χ1v) is 2.87. The summed E-state index contributed by atoms with van der Waals surface area (Å²) >= 11 is 0. The second kappa shape index (κ2) is 3.10. The SMILES string of the molecule is [B]CC1OCCCO1. The molecular formula is C5H9BO2. The van der Waals surface area contributed by atoms with Gasteiger partial charge in [0.15, 0.2) is 0 Å². The van der Waals surface area contributed by atoms with Crippen LogP contribution in [-0.2, 0) is 9.47 Å². The number of hydrogen-bond donors (Lipinski definition) is 0. The van der Waals surface area contributed by atoms with Crippen molar-refractivity contribution in [2.24, 2.45) is 0 Å². The normalized spacial score (nSPS) is 23.5. The van der Waals surface area contributed by atoms with Gasteiger partial charge in [0.05, 0.1) is 21.1 Å². The second-order valence-corrected chi connectivity index (χ2v) is 1.76. The summed E-state index contributed by atoms with van der Waals surface area (Å²) in [6.45, 7) is 1.59. The fourth-order valence-corrected chi connectivity index (χ4v) is 0.673. The summed E-state index contributed by atoms with van der Waals surface area (Å²) in [5, 5.41) is 0. The van der Waals surface area contributed by atoms with Crippen LogP contribution in [-0.4, -0.2) is 27.4 Å². The molecule has 0 saturated carbocycles. The largest absolute Gasteiger partial charge is 0.353 e. The van der Waals surface area contributed by atoms with E-state index in [1.807, 2.05) is 0 Å². The molecule has 0 aromatic heterocycles. The Morgan fingerprint density at radius 2 is 2.00 bits per heavy atom. The van der Waals surface area contributed by atoms with Crippen molar-refractivity contribution in [3.63, 3.8) is 0 Å². The molecule has 0 aromatic carbocycles. The Labute approximate surface area is 50.6 Å². The third kappa shape index (κ3) is 1.49. The van der Waals surface area contributed by atoms with Crippen molar-refractivity contribution in [3.05, 3.63) is 0 Å². The molecule has 1 saturated heterocycles. The standard InChI is InChI=1S/C5H9BO2/c6-4-5-7-2-1-3-8-5/h5H,1-4H2. The fourth-order valence-electron chi connectivity index (χ4n) is 0.673. The van der Waals surface area contributed by atoms with Gasteiger partial charge in [0.1, 0.15) is 6.29 Å². The highest BCUT2D eigenvalue weighted by molar-refractivity contribution is 6.08. The molecule has 0 unspecified atom stereocenters. The molecule has 0 bridgehead atoms. The van der Waals surface area contributed by atoms with Gasteiger partial charge in [-0.1, -0.05) is 0 Å². The van der Waals surface area contributed by atoms with E-state index in [-0.39, 0.29) is 6.29 Å². The Morgan fingerprint density at radius 1 is 1.38 bits per heavy atom. The molecule has 2 nitrogen and oxygen atoms in total. The van der Waals surface area contributed by atoms with E-state index < -0.39 is 0 Å². The molecular weight excluding hydrogens is 103 g/mol. The third-order valence-corrected chi connectivity index (χ3v) is 1.09. The van der Waals surface area contributed by atoms with E-state index in [9.17, 15) is 0 Å². The third-order valence-electron chi connectivity index (χ3n) is 1.09. The Hall–Kier alpha value is -0.0151. The highest BCUT2D eigenvalue weighted by Gasteiger charge is 2.09. The van der Waals surface area contributed by atoms with Crippen LogP contribution >= 0.6 is 0 Å². The van der Waals surface area contributed by atoms with Gasteiger partial charge in [0, 0.05) is 0 Å². The summed E-state index contributed by atoms with van der Waals surface area (Å²) in [5.74, 6) is 0. The van der Waals surface area contributed by atoms with E-state index >= 15 is 0 Å². The maximum atomic E-state index is 5.25. The van der Waals surface area contributed by atoms with Gasteiger partial charge in [-0.2, -0.15) is 0 Å². The van der Waals surface area contributed by atoms with Crippen molar-refractivity contribution in [2.75, 3.05) is 13.2 Å². The molecule has 1 rings (SSSR count). The van der Waals surface area contributed by atoms with Crippen LogP contribution in [0.5, 0.6) is 0 Å². The molecule has 0 amide bonds. The zero-order valence-corrected chi connectivity index (χ0v) is 4.80. The van der Waals surface area contributed by atoms with Gasteiger partial charge in [-0.15, -0.1) is 0 Å². The molecule has 1 aliphatic heterocycles. The van der Waals surface area contributed by atoms with Gasteiger partial charge in [-0.3, -0.25) is 0 Å². The van der Waals surface area contributed by atoms with Crippen LogP contribution in [0.4, 0.5) is 0 Å². The lowest BCUT2D eigenvalue weighted by Gasteiger charge is -2.21. The Kier molecular flexibility index (Phi) is 2.37. The van der Waals surface area contributed by atoms with Gasteiger partial charge < -0.3 is 9.47 Å². The van der Waals surface area contributed by atoms with Gasteiger partial charge >= 0.3 is 0 Å². The van der Waals surface area contributed by atoms with Crippen LogP contribution in [0.25, 0.3) is 0 Å². The smallest absolute Gasteiger partial charge is 0.149 e. The maximum absolute atomic E-state index is 5.25. The van der Waals surface area contributed by atoms with Gasteiger partial charge in [0.2, 0.25) is 0 Å². The van der Waals surface area contributed by atoms with Crippen LogP contribution in [0.2, 0.25) is 6.32 Å². The lowest BCUT2D eigenvalue weighted by Crippen LogP contribution is -2.23. The number of hydrogen-bond acceptors (Lipinski definition) is 2. The molecule has 3 heteroatoms. The van der Waals surface area contributed by atoms with E-state index in [1.54, 1.807) is 0 Å². The second-order valence-electron chi connectivity index (χ2n) is 1.76. The zero-order valence-electron chi connectivity index (χ0n) is 4.80. The lowest BCUT2D eigenvalue weighted by molar-refractivity contribution is -0.166. The predicted molar refractivity (Wildman–Crippen MR) is 30.9 cm³/mol. The van der Waals surface area contributed by atoms with Crippen molar-refractivity contribution in [1.29, 1.82) is 0 Å². The molecule has 0 aromatic rings. The monoisotopic (exact) mass is 112 g/mol. The molecule has 0 N–H and O–H groups in total. The number of ether oxygens (including phenoxy) is 2. The van der Waals surface area contributed by atoms with Crippen molar-refractivity contribution >= 4 is 7.85 Å². The van der Waals surface area contributed by atoms with E-state index in [0.717, 1.165) is 19.6 Å². The minimum absolute atomic E-state index is 0.135. The average molecular weight is 112 g/mol. The molecule has 2 radical (unpaired) electrons. The molecule has 0 aliphatic carbocycles. The van der Waals surface area contributed by atoms with Gasteiger partial charge in [-0.25, -0.2) is 0 Å². The first-order valence-electron chi connectivity index (χ1n) is 2.87. The summed E-state index contributed by atoms with van der Waals surface area (Å²) in [6, 6.07) is 0. The van der Waals surface area contributed by atoms with Gasteiger partial charge in [0.25, 0.3) is 0 Å². The summed E-state index contributed by atoms with van der Waals surface area (Å²) in [6.07, 6.45) is 1.33. The summed E-state index contributed by atoms with van der Waals surface area (Å²) < 4.78 is 10.2. The van der Waals surface area contributed by atoms with Crippen LogP contribution in [0.15, 0.2) is 0 Å². The van der Waals surface area contributed by atoms with E-state index in [4.69, 9.17) is 17.3 Å². The quantitative estimate of drug-likeness (QED) is 0.455. The van der Waals surface area contributed by atoms with E-state index in [2.05, 4.69) is 0 Å².